The van der Waals surface area contributed by atoms with Crippen LogP contribution in [-0.4, -0.2) is 92.5 Å². The summed E-state index contributed by atoms with van der Waals surface area (Å²) in [4.78, 5) is 57.0. The van der Waals surface area contributed by atoms with E-state index in [2.05, 4.69) is 64.4 Å². The van der Waals surface area contributed by atoms with Crippen molar-refractivity contribution in [1.29, 1.82) is 5.26 Å². The van der Waals surface area contributed by atoms with Crippen LogP contribution in [-0.2, 0) is 9.59 Å². The molecule has 4 aliphatic rings. The van der Waals surface area contributed by atoms with Crippen LogP contribution < -0.4 is 30.5 Å². The Hall–Kier alpha value is -5.19. The van der Waals surface area contributed by atoms with E-state index in [4.69, 9.17) is 16.3 Å². The summed E-state index contributed by atoms with van der Waals surface area (Å²) in [5, 5.41) is 17.6. The number of nitrogens with zero attached hydrogens (tertiary/aromatic N) is 4. The second kappa shape index (κ2) is 16.6. The van der Waals surface area contributed by atoms with E-state index in [9.17, 15) is 28.8 Å². The Morgan fingerprint density at radius 2 is 1.52 bits per heavy atom. The maximum Gasteiger partial charge on any atom is 0.254 e. The van der Waals surface area contributed by atoms with Gasteiger partial charge >= 0.3 is 0 Å². The first kappa shape index (κ1) is 41.0. The van der Waals surface area contributed by atoms with Crippen molar-refractivity contribution in [3.63, 3.8) is 0 Å². The third-order valence-corrected chi connectivity index (χ3v) is 12.8. The number of hydrogen-bond donors (Lipinski definition) is 3. The number of piperazine rings is 1. The van der Waals surface area contributed by atoms with Crippen molar-refractivity contribution in [2.45, 2.75) is 71.6 Å². The van der Waals surface area contributed by atoms with Gasteiger partial charge in [0.2, 0.25) is 11.8 Å². The number of benzene rings is 3. The number of carbonyl (C=O) groups excluding carboxylic acids is 4. The minimum absolute atomic E-state index is 0.119. The number of carbonyl (C=O) groups is 4. The Morgan fingerprint density at radius 3 is 2.16 bits per heavy atom. The first-order valence-electron chi connectivity index (χ1n) is 20.1. The number of anilines is 2. The predicted molar refractivity (Wildman–Crippen MR) is 219 cm³/mol. The highest BCUT2D eigenvalue weighted by molar-refractivity contribution is 6.31. The number of ether oxygens (including phenoxy) is 1. The van der Waals surface area contributed by atoms with Gasteiger partial charge in [-0.25, -0.2) is 4.39 Å². The Balaban J connectivity index is 0.853. The highest BCUT2D eigenvalue weighted by atomic mass is 35.5. The standard InChI is InChI=1S/C44H51ClFN7O5/c1-43(2)41(44(3,4)42(43)58-32-11-7-29(25-47)34(45)24-32)50-38(55)28-5-8-30(9-6-28)52-17-15-27(16-18-52)26-51-19-21-53(22-20-51)31-10-12-35(46)33(23-31)39(56)48-36-13-14-37(54)49-40(36)57/h5-12,23-24,27,36,41-42H,13-22,26H2,1-4H3,(H,48,56)(H,50,55)(H,49,54,57)/t36?,41-,42-. The molecule has 1 atom stereocenters. The lowest BCUT2D eigenvalue weighted by Crippen LogP contribution is -2.74. The van der Waals surface area contributed by atoms with Gasteiger partial charge in [-0.3, -0.25) is 29.4 Å². The maximum absolute atomic E-state index is 14.7. The number of halogens is 2. The van der Waals surface area contributed by atoms with Gasteiger partial charge in [-0.15, -0.1) is 0 Å². The minimum Gasteiger partial charge on any atom is -0.489 e. The molecular weight excluding hydrogens is 761 g/mol. The molecule has 1 aliphatic carbocycles. The zero-order valence-electron chi connectivity index (χ0n) is 33.4. The molecule has 0 spiro atoms. The van der Waals surface area contributed by atoms with Crippen molar-refractivity contribution < 1.29 is 28.3 Å². The highest BCUT2D eigenvalue weighted by Crippen LogP contribution is 2.55. The van der Waals surface area contributed by atoms with Gasteiger partial charge in [-0.05, 0) is 79.8 Å². The smallest absolute Gasteiger partial charge is 0.254 e. The Morgan fingerprint density at radius 1 is 0.862 bits per heavy atom. The zero-order valence-corrected chi connectivity index (χ0v) is 34.2. The molecule has 12 nitrogen and oxygen atoms in total. The molecule has 1 unspecified atom stereocenters. The highest BCUT2D eigenvalue weighted by Gasteiger charge is 2.64. The predicted octanol–water partition coefficient (Wildman–Crippen LogP) is 5.54. The summed E-state index contributed by atoms with van der Waals surface area (Å²) < 4.78 is 21.1. The van der Waals surface area contributed by atoms with E-state index in [1.54, 1.807) is 30.3 Å². The molecule has 0 radical (unpaired) electrons. The number of nitrogens with one attached hydrogen (secondary N) is 3. The number of imide groups is 1. The van der Waals surface area contributed by atoms with E-state index in [1.807, 2.05) is 24.3 Å². The molecule has 3 aliphatic heterocycles. The fourth-order valence-corrected chi connectivity index (χ4v) is 9.73. The molecule has 7 rings (SSSR count). The summed E-state index contributed by atoms with van der Waals surface area (Å²) in [7, 11) is 0. The van der Waals surface area contributed by atoms with E-state index < -0.39 is 23.7 Å². The molecule has 4 fully saturated rings. The van der Waals surface area contributed by atoms with Crippen LogP contribution in [0.4, 0.5) is 15.8 Å². The van der Waals surface area contributed by atoms with Crippen LogP contribution in [0.2, 0.25) is 5.02 Å². The van der Waals surface area contributed by atoms with Crippen molar-refractivity contribution in [3.8, 4) is 11.8 Å². The molecule has 3 heterocycles. The molecule has 1 saturated carbocycles. The molecule has 0 bridgehead atoms. The molecule has 3 aromatic rings. The summed E-state index contributed by atoms with van der Waals surface area (Å²) in [6.45, 7) is 14.4. The van der Waals surface area contributed by atoms with Gasteiger partial charge in [0.05, 0.1) is 16.1 Å². The molecule has 4 amide bonds. The molecule has 3 N–H and O–H groups in total. The largest absolute Gasteiger partial charge is 0.489 e. The van der Waals surface area contributed by atoms with Crippen LogP contribution in [0, 0.1) is 33.9 Å². The number of piperidine rings is 2. The third-order valence-electron chi connectivity index (χ3n) is 12.5. The first-order chi connectivity index (χ1) is 27.6. The molecule has 3 aromatic carbocycles. The molecule has 3 saturated heterocycles. The monoisotopic (exact) mass is 811 g/mol. The summed E-state index contributed by atoms with van der Waals surface area (Å²) in [5.74, 6) is -1.25. The fraction of sp³-hybridized carbons (Fsp3) is 0.477. The second-order valence-electron chi connectivity index (χ2n) is 17.2. The Kier molecular flexibility index (Phi) is 11.7. The normalized spacial score (nSPS) is 23.3. The second-order valence-corrected chi connectivity index (χ2v) is 17.6. The van der Waals surface area contributed by atoms with Gasteiger partial charge in [-0.1, -0.05) is 39.3 Å². The van der Waals surface area contributed by atoms with Gasteiger partial charge < -0.3 is 25.2 Å². The van der Waals surface area contributed by atoms with Gasteiger partial charge in [0.1, 0.15) is 29.8 Å². The van der Waals surface area contributed by atoms with Gasteiger partial charge in [0.25, 0.3) is 11.8 Å². The number of rotatable bonds is 10. The quantitative estimate of drug-likeness (QED) is 0.225. The molecular formula is C44H51ClFN7O5. The van der Waals surface area contributed by atoms with E-state index >= 15 is 0 Å². The topological polar surface area (TPSA) is 147 Å². The van der Waals surface area contributed by atoms with E-state index in [1.165, 1.54) is 6.07 Å². The van der Waals surface area contributed by atoms with Crippen molar-refractivity contribution in [1.82, 2.24) is 20.9 Å². The molecule has 306 valence electrons. The van der Waals surface area contributed by atoms with Crippen LogP contribution in [0.1, 0.15) is 79.7 Å². The Bertz CT molecular complexity index is 2090. The minimum atomic E-state index is -0.873. The zero-order chi connectivity index (χ0) is 41.4. The van der Waals surface area contributed by atoms with E-state index in [0.29, 0.717) is 27.8 Å². The van der Waals surface area contributed by atoms with Gasteiger partial charge in [-0.2, -0.15) is 5.26 Å². The third kappa shape index (κ3) is 8.50. The van der Waals surface area contributed by atoms with Crippen molar-refractivity contribution in [3.05, 3.63) is 88.2 Å². The van der Waals surface area contributed by atoms with Crippen LogP contribution in [0.5, 0.6) is 5.75 Å². The van der Waals surface area contributed by atoms with Crippen molar-refractivity contribution >= 4 is 46.6 Å². The summed E-state index contributed by atoms with van der Waals surface area (Å²) in [6.07, 6.45) is 2.25. The van der Waals surface area contributed by atoms with E-state index in [0.717, 1.165) is 70.0 Å². The number of nitriles is 1. The molecule has 0 aromatic heterocycles. The molecule has 58 heavy (non-hydrogen) atoms. The lowest BCUT2D eigenvalue weighted by atomic mass is 9.49. The lowest BCUT2D eigenvalue weighted by Gasteiger charge is -2.63. The van der Waals surface area contributed by atoms with Crippen LogP contribution in [0.3, 0.4) is 0 Å². The van der Waals surface area contributed by atoms with Gasteiger partial charge in [0.15, 0.2) is 0 Å². The summed E-state index contributed by atoms with van der Waals surface area (Å²) in [6, 6.07) is 18.5. The van der Waals surface area contributed by atoms with Crippen molar-refractivity contribution in [2.75, 3.05) is 55.6 Å². The van der Waals surface area contributed by atoms with Crippen LogP contribution >= 0.6 is 11.6 Å². The SMILES string of the molecule is CC1(C)[C@H](NC(=O)c2ccc(N3CCC(CN4CCN(c5ccc(F)c(C(=O)NC6CCC(=O)NC6=O)c5)CC4)CC3)cc2)C(C)(C)[C@H]1Oc1ccc(C#N)c(Cl)c1. The first-order valence-corrected chi connectivity index (χ1v) is 20.5. The maximum atomic E-state index is 14.7. The Labute approximate surface area is 344 Å². The summed E-state index contributed by atoms with van der Waals surface area (Å²) in [5.41, 5.74) is 2.04. The average molecular weight is 812 g/mol. The lowest BCUT2D eigenvalue weighted by molar-refractivity contribution is -0.164. The summed E-state index contributed by atoms with van der Waals surface area (Å²) >= 11 is 6.25. The number of hydrogen-bond acceptors (Lipinski definition) is 9. The van der Waals surface area contributed by atoms with Crippen LogP contribution in [0.25, 0.3) is 0 Å². The number of amides is 4. The fourth-order valence-electron chi connectivity index (χ4n) is 9.51. The van der Waals surface area contributed by atoms with Crippen molar-refractivity contribution in [2.24, 2.45) is 16.7 Å². The average Bonchev–Trinajstić information content (AvgIpc) is 3.20. The van der Waals surface area contributed by atoms with Crippen LogP contribution in [0.15, 0.2) is 60.7 Å². The van der Waals surface area contributed by atoms with E-state index in [-0.39, 0.29) is 53.2 Å². The van der Waals surface area contributed by atoms with Gasteiger partial charge in [0, 0.05) is 92.1 Å². The molecule has 14 heteroatoms.